The molecule has 0 bridgehead atoms. The maximum Gasteiger partial charge on any atom is 0.214 e. The fraction of sp³-hybridized carbons (Fsp3) is 0.769. The van der Waals surface area contributed by atoms with Crippen LogP contribution in [0.4, 0.5) is 0 Å². The van der Waals surface area contributed by atoms with Crippen molar-refractivity contribution in [2.75, 3.05) is 13.1 Å². The lowest BCUT2D eigenvalue weighted by Crippen LogP contribution is -2.48. The molecule has 1 saturated heterocycles. The number of nitrogens with zero attached hydrogens (tertiary/aromatic N) is 2. The third-order valence-electron chi connectivity index (χ3n) is 3.85. The van der Waals surface area contributed by atoms with Crippen molar-refractivity contribution in [2.24, 2.45) is 0 Å². The van der Waals surface area contributed by atoms with E-state index < -0.39 is 10.0 Å². The third-order valence-corrected chi connectivity index (χ3v) is 5.86. The molecule has 1 aromatic rings. The van der Waals surface area contributed by atoms with Crippen LogP contribution in [0.1, 0.15) is 37.3 Å². The molecule has 20 heavy (non-hydrogen) atoms. The third kappa shape index (κ3) is 3.39. The molecule has 0 radical (unpaired) electrons. The molecule has 112 valence electrons. The zero-order valence-corrected chi connectivity index (χ0v) is 12.5. The second-order valence-electron chi connectivity index (χ2n) is 5.79. The molecule has 2 fully saturated rings. The topological polar surface area (TPSA) is 75.4 Å². The van der Waals surface area contributed by atoms with Crippen LogP contribution in [0.5, 0.6) is 0 Å². The van der Waals surface area contributed by atoms with E-state index in [1.165, 1.54) is 0 Å². The number of piperidine rings is 1. The maximum atomic E-state index is 12.0. The van der Waals surface area contributed by atoms with Gasteiger partial charge in [0.15, 0.2) is 5.89 Å². The van der Waals surface area contributed by atoms with Gasteiger partial charge in [0, 0.05) is 26.1 Å². The Bertz CT molecular complexity index is 565. The van der Waals surface area contributed by atoms with Crippen molar-refractivity contribution in [3.05, 3.63) is 17.8 Å². The molecule has 7 heteroatoms. The van der Waals surface area contributed by atoms with E-state index in [1.54, 1.807) is 6.26 Å². The first-order chi connectivity index (χ1) is 9.53. The number of sulfonamides is 1. The van der Waals surface area contributed by atoms with Crippen molar-refractivity contribution in [3.8, 4) is 0 Å². The number of likely N-dealkylation sites (tertiary alicyclic amines) is 1. The molecule has 1 aliphatic carbocycles. The van der Waals surface area contributed by atoms with Gasteiger partial charge in [0.1, 0.15) is 6.26 Å². The Kier molecular flexibility index (Phi) is 3.83. The highest BCUT2D eigenvalue weighted by molar-refractivity contribution is 7.90. The van der Waals surface area contributed by atoms with Crippen LogP contribution in [-0.4, -0.2) is 42.7 Å². The second kappa shape index (κ2) is 5.46. The molecule has 3 rings (SSSR count). The van der Waals surface area contributed by atoms with Gasteiger partial charge >= 0.3 is 0 Å². The number of hydrogen-bond acceptors (Lipinski definition) is 5. The molecule has 1 aromatic heterocycles. The highest BCUT2D eigenvalue weighted by atomic mass is 32.2. The lowest BCUT2D eigenvalue weighted by molar-refractivity contribution is 0.192. The molecule has 1 aliphatic heterocycles. The minimum atomic E-state index is -3.09. The lowest BCUT2D eigenvalue weighted by atomic mass is 10.1. The first-order valence-electron chi connectivity index (χ1n) is 7.17. The molecule has 1 N–H and O–H groups in total. The largest absolute Gasteiger partial charge is 0.449 e. The highest BCUT2D eigenvalue weighted by Crippen LogP contribution is 2.28. The van der Waals surface area contributed by atoms with E-state index >= 15 is 0 Å². The first kappa shape index (κ1) is 14.0. The predicted octanol–water partition coefficient (Wildman–Crippen LogP) is 1.03. The minimum absolute atomic E-state index is 0.0300. The average molecular weight is 299 g/mol. The molecule has 1 saturated carbocycles. The van der Waals surface area contributed by atoms with Crippen LogP contribution in [0.3, 0.4) is 0 Å². The van der Waals surface area contributed by atoms with E-state index in [0.29, 0.717) is 5.89 Å². The number of hydrogen-bond donors (Lipinski definition) is 1. The number of rotatable bonds is 5. The smallest absolute Gasteiger partial charge is 0.214 e. The highest BCUT2D eigenvalue weighted by Gasteiger charge is 2.37. The van der Waals surface area contributed by atoms with Gasteiger partial charge in [-0.25, -0.2) is 18.1 Å². The summed E-state index contributed by atoms with van der Waals surface area (Å²) in [5, 5.41) is -0.143. The Labute approximate surface area is 119 Å². The van der Waals surface area contributed by atoms with Gasteiger partial charge in [0.05, 0.1) is 10.9 Å². The van der Waals surface area contributed by atoms with Gasteiger partial charge in [-0.2, -0.15) is 0 Å². The predicted molar refractivity (Wildman–Crippen MR) is 74.6 cm³/mol. The van der Waals surface area contributed by atoms with Gasteiger partial charge in [-0.05, 0) is 32.2 Å². The first-order valence-corrected chi connectivity index (χ1v) is 8.72. The fourth-order valence-electron chi connectivity index (χ4n) is 2.71. The monoisotopic (exact) mass is 299 g/mol. The Balaban J connectivity index is 1.56. The van der Waals surface area contributed by atoms with Crippen LogP contribution < -0.4 is 4.72 Å². The summed E-state index contributed by atoms with van der Waals surface area (Å²) >= 11 is 0. The molecule has 0 spiro atoms. The number of aromatic nitrogens is 1. The lowest BCUT2D eigenvalue weighted by Gasteiger charge is -2.32. The van der Waals surface area contributed by atoms with Gasteiger partial charge in [-0.1, -0.05) is 0 Å². The van der Waals surface area contributed by atoms with E-state index in [4.69, 9.17) is 4.42 Å². The number of oxazole rings is 1. The van der Waals surface area contributed by atoms with Gasteiger partial charge < -0.3 is 4.42 Å². The van der Waals surface area contributed by atoms with Gasteiger partial charge in [-0.3, -0.25) is 4.90 Å². The summed E-state index contributed by atoms with van der Waals surface area (Å²) in [6, 6.07) is 0.0300. The Morgan fingerprint density at radius 3 is 2.90 bits per heavy atom. The van der Waals surface area contributed by atoms with Crippen molar-refractivity contribution in [3.63, 3.8) is 0 Å². The molecule has 0 aromatic carbocycles. The molecule has 1 atom stereocenters. The Morgan fingerprint density at radius 2 is 2.25 bits per heavy atom. The SMILES string of the molecule is Cc1nc(CN2CCCC(NS(=O)(=O)C3CC3)C2)co1. The fourth-order valence-corrected chi connectivity index (χ4v) is 4.32. The summed E-state index contributed by atoms with van der Waals surface area (Å²) in [4.78, 5) is 6.53. The normalized spacial score (nSPS) is 24.9. The maximum absolute atomic E-state index is 12.0. The Morgan fingerprint density at radius 1 is 1.45 bits per heavy atom. The molecule has 2 aliphatic rings. The number of aryl methyl sites for hydroxylation is 1. The Hall–Kier alpha value is -0.920. The molecular weight excluding hydrogens is 278 g/mol. The van der Waals surface area contributed by atoms with Crippen molar-refractivity contribution in [2.45, 2.75) is 50.4 Å². The van der Waals surface area contributed by atoms with E-state index in [9.17, 15) is 8.42 Å². The van der Waals surface area contributed by atoms with Crippen LogP contribution >= 0.6 is 0 Å². The van der Waals surface area contributed by atoms with E-state index in [1.807, 2.05) is 6.92 Å². The second-order valence-corrected chi connectivity index (χ2v) is 7.79. The summed E-state index contributed by atoms with van der Waals surface area (Å²) in [6.45, 7) is 4.27. The minimum Gasteiger partial charge on any atom is -0.449 e. The van der Waals surface area contributed by atoms with Crippen LogP contribution in [0, 0.1) is 6.92 Å². The van der Waals surface area contributed by atoms with Crippen molar-refractivity contribution in [1.82, 2.24) is 14.6 Å². The quantitative estimate of drug-likeness (QED) is 0.879. The number of nitrogens with one attached hydrogen (secondary N) is 1. The summed E-state index contributed by atoms with van der Waals surface area (Å²) in [5.41, 5.74) is 0.910. The van der Waals surface area contributed by atoms with Gasteiger partial charge in [-0.15, -0.1) is 0 Å². The van der Waals surface area contributed by atoms with Crippen LogP contribution in [0.25, 0.3) is 0 Å². The zero-order valence-electron chi connectivity index (χ0n) is 11.7. The molecule has 2 heterocycles. The molecule has 0 amide bonds. The van der Waals surface area contributed by atoms with E-state index in [-0.39, 0.29) is 11.3 Å². The van der Waals surface area contributed by atoms with Crippen LogP contribution in [0.15, 0.2) is 10.7 Å². The van der Waals surface area contributed by atoms with Crippen molar-refractivity contribution >= 4 is 10.0 Å². The van der Waals surface area contributed by atoms with E-state index in [0.717, 1.165) is 51.0 Å². The van der Waals surface area contributed by atoms with Crippen LogP contribution in [0.2, 0.25) is 0 Å². The van der Waals surface area contributed by atoms with Gasteiger partial charge in [0.2, 0.25) is 10.0 Å². The average Bonchev–Trinajstić information content (AvgIpc) is 3.15. The molecule has 1 unspecified atom stereocenters. The van der Waals surface area contributed by atoms with Crippen molar-refractivity contribution < 1.29 is 12.8 Å². The van der Waals surface area contributed by atoms with Gasteiger partial charge in [0.25, 0.3) is 0 Å². The van der Waals surface area contributed by atoms with E-state index in [2.05, 4.69) is 14.6 Å². The standard InChI is InChI=1S/C13H21N3O3S/c1-10-14-12(9-19-10)8-16-6-2-3-11(7-16)15-20(17,18)13-4-5-13/h9,11,13,15H,2-8H2,1H3. The van der Waals surface area contributed by atoms with Crippen molar-refractivity contribution in [1.29, 1.82) is 0 Å². The summed E-state index contributed by atoms with van der Waals surface area (Å²) in [5.74, 6) is 0.669. The molecule has 6 nitrogen and oxygen atoms in total. The summed E-state index contributed by atoms with van der Waals surface area (Å²) in [6.07, 6.45) is 5.22. The summed E-state index contributed by atoms with van der Waals surface area (Å²) < 4.78 is 32.0. The molecular formula is C13H21N3O3S. The van der Waals surface area contributed by atoms with Crippen LogP contribution in [-0.2, 0) is 16.6 Å². The zero-order chi connectivity index (χ0) is 14.2. The summed E-state index contributed by atoms with van der Waals surface area (Å²) in [7, 11) is -3.09.